The molecule has 0 saturated heterocycles. The SMILES string of the molecule is Cc1cc2nc(NC(C(N)=O)c3ccccc3)c3ccccc3n2n1. The number of benzene rings is 2. The monoisotopic (exact) mass is 331 g/mol. The largest absolute Gasteiger partial charge is 0.368 e. The Bertz CT molecular complexity index is 1070. The van der Waals surface area contributed by atoms with Gasteiger partial charge in [-0.25, -0.2) is 9.50 Å². The quantitative estimate of drug-likeness (QED) is 0.602. The van der Waals surface area contributed by atoms with Gasteiger partial charge in [-0.3, -0.25) is 4.79 Å². The molecule has 1 unspecified atom stereocenters. The predicted molar refractivity (Wildman–Crippen MR) is 97.2 cm³/mol. The Labute approximate surface area is 144 Å². The fraction of sp³-hybridized carbons (Fsp3) is 0.105. The minimum atomic E-state index is -0.663. The van der Waals surface area contributed by atoms with Crippen LogP contribution in [0.2, 0.25) is 0 Å². The molecule has 6 heteroatoms. The fourth-order valence-corrected chi connectivity index (χ4v) is 2.99. The van der Waals surface area contributed by atoms with Gasteiger partial charge in [-0.1, -0.05) is 42.5 Å². The van der Waals surface area contributed by atoms with Crippen molar-refractivity contribution in [2.75, 3.05) is 5.32 Å². The molecule has 0 fully saturated rings. The summed E-state index contributed by atoms with van der Waals surface area (Å²) in [5.41, 5.74) is 8.94. The third-order valence-corrected chi connectivity index (χ3v) is 4.12. The van der Waals surface area contributed by atoms with E-state index in [4.69, 9.17) is 5.73 Å². The third-order valence-electron chi connectivity index (χ3n) is 4.12. The highest BCUT2D eigenvalue weighted by atomic mass is 16.1. The van der Waals surface area contributed by atoms with Gasteiger partial charge in [0.15, 0.2) is 5.65 Å². The van der Waals surface area contributed by atoms with E-state index >= 15 is 0 Å². The molecule has 6 nitrogen and oxygen atoms in total. The molecule has 0 spiro atoms. The van der Waals surface area contributed by atoms with Gasteiger partial charge in [-0.15, -0.1) is 0 Å². The van der Waals surface area contributed by atoms with E-state index < -0.39 is 11.9 Å². The van der Waals surface area contributed by atoms with E-state index in [1.165, 1.54) is 0 Å². The Kier molecular flexibility index (Phi) is 3.57. The number of carbonyl (C=O) groups excluding carboxylic acids is 1. The minimum Gasteiger partial charge on any atom is -0.368 e. The summed E-state index contributed by atoms with van der Waals surface area (Å²) in [5, 5.41) is 8.58. The van der Waals surface area contributed by atoms with E-state index in [-0.39, 0.29) is 0 Å². The van der Waals surface area contributed by atoms with Crippen molar-refractivity contribution >= 4 is 28.3 Å². The van der Waals surface area contributed by atoms with Gasteiger partial charge in [0, 0.05) is 11.5 Å². The van der Waals surface area contributed by atoms with Crippen LogP contribution in [0.5, 0.6) is 0 Å². The molecular formula is C19H17N5O. The minimum absolute atomic E-state index is 0.457. The number of fused-ring (bicyclic) bond motifs is 3. The number of hydrogen-bond acceptors (Lipinski definition) is 4. The molecule has 4 rings (SSSR count). The number of primary amides is 1. The molecule has 3 N–H and O–H groups in total. The first kappa shape index (κ1) is 15.1. The van der Waals surface area contributed by atoms with Crippen LogP contribution in [-0.2, 0) is 4.79 Å². The van der Waals surface area contributed by atoms with Gasteiger partial charge in [0.25, 0.3) is 0 Å². The second-order valence-electron chi connectivity index (χ2n) is 5.92. The lowest BCUT2D eigenvalue weighted by atomic mass is 10.1. The summed E-state index contributed by atoms with van der Waals surface area (Å²) in [6.45, 7) is 1.92. The van der Waals surface area contributed by atoms with Crippen LogP contribution >= 0.6 is 0 Å². The maximum absolute atomic E-state index is 12.0. The van der Waals surface area contributed by atoms with Crippen molar-refractivity contribution in [1.82, 2.24) is 14.6 Å². The van der Waals surface area contributed by atoms with E-state index in [9.17, 15) is 4.79 Å². The molecule has 25 heavy (non-hydrogen) atoms. The molecule has 0 radical (unpaired) electrons. The topological polar surface area (TPSA) is 85.3 Å². The second-order valence-corrected chi connectivity index (χ2v) is 5.92. The number of aryl methyl sites for hydroxylation is 1. The van der Waals surface area contributed by atoms with Crippen molar-refractivity contribution in [3.05, 3.63) is 71.9 Å². The number of nitrogens with one attached hydrogen (secondary N) is 1. The zero-order valence-electron chi connectivity index (χ0n) is 13.7. The number of nitrogens with two attached hydrogens (primary N) is 1. The zero-order chi connectivity index (χ0) is 17.4. The number of para-hydroxylation sites is 1. The lowest BCUT2D eigenvalue weighted by molar-refractivity contribution is -0.118. The molecule has 1 atom stereocenters. The van der Waals surface area contributed by atoms with E-state index in [0.29, 0.717) is 5.82 Å². The number of anilines is 1. The van der Waals surface area contributed by atoms with Crippen molar-refractivity contribution in [3.8, 4) is 0 Å². The highest BCUT2D eigenvalue weighted by Crippen LogP contribution is 2.27. The van der Waals surface area contributed by atoms with Crippen LogP contribution in [0.1, 0.15) is 17.3 Å². The van der Waals surface area contributed by atoms with Crippen LogP contribution in [0.4, 0.5) is 5.82 Å². The predicted octanol–water partition coefficient (Wildman–Crippen LogP) is 2.83. The fourth-order valence-electron chi connectivity index (χ4n) is 2.99. The molecule has 0 aliphatic heterocycles. The van der Waals surface area contributed by atoms with Crippen molar-refractivity contribution in [1.29, 1.82) is 0 Å². The van der Waals surface area contributed by atoms with Crippen LogP contribution < -0.4 is 11.1 Å². The van der Waals surface area contributed by atoms with Gasteiger partial charge in [0.1, 0.15) is 11.9 Å². The summed E-state index contributed by atoms with van der Waals surface area (Å²) in [5.74, 6) is 0.150. The number of nitrogens with zero attached hydrogens (tertiary/aromatic N) is 3. The first-order chi connectivity index (χ1) is 12.1. The Morgan fingerprint density at radius 2 is 1.84 bits per heavy atom. The van der Waals surface area contributed by atoms with Gasteiger partial charge in [-0.2, -0.15) is 5.10 Å². The molecular weight excluding hydrogens is 314 g/mol. The Hall–Kier alpha value is -3.41. The number of carbonyl (C=O) groups is 1. The molecule has 1 amide bonds. The highest BCUT2D eigenvalue weighted by molar-refractivity contribution is 5.94. The zero-order valence-corrected chi connectivity index (χ0v) is 13.7. The maximum Gasteiger partial charge on any atom is 0.244 e. The number of aromatic nitrogens is 3. The first-order valence-electron chi connectivity index (χ1n) is 7.99. The van der Waals surface area contributed by atoms with Crippen molar-refractivity contribution in [2.24, 2.45) is 5.73 Å². The van der Waals surface area contributed by atoms with Gasteiger partial charge in [0.2, 0.25) is 5.91 Å². The summed E-state index contributed by atoms with van der Waals surface area (Å²) < 4.78 is 1.80. The summed E-state index contributed by atoms with van der Waals surface area (Å²) >= 11 is 0. The maximum atomic E-state index is 12.0. The van der Waals surface area contributed by atoms with Gasteiger partial charge in [-0.05, 0) is 24.6 Å². The summed E-state index contributed by atoms with van der Waals surface area (Å²) in [4.78, 5) is 16.7. The highest BCUT2D eigenvalue weighted by Gasteiger charge is 2.20. The Morgan fingerprint density at radius 3 is 2.60 bits per heavy atom. The van der Waals surface area contributed by atoms with Crippen molar-refractivity contribution in [3.63, 3.8) is 0 Å². The van der Waals surface area contributed by atoms with Gasteiger partial charge < -0.3 is 11.1 Å². The molecule has 0 saturated carbocycles. The Balaban J connectivity index is 1.88. The molecule has 2 aromatic heterocycles. The molecule has 4 aromatic rings. The van der Waals surface area contributed by atoms with Crippen LogP contribution in [0.25, 0.3) is 16.6 Å². The smallest absolute Gasteiger partial charge is 0.244 e. The van der Waals surface area contributed by atoms with E-state index in [1.54, 1.807) is 4.52 Å². The van der Waals surface area contributed by atoms with E-state index in [1.807, 2.05) is 67.6 Å². The second kappa shape index (κ2) is 5.90. The number of rotatable bonds is 4. The van der Waals surface area contributed by atoms with Gasteiger partial charge >= 0.3 is 0 Å². The van der Waals surface area contributed by atoms with Crippen molar-refractivity contribution in [2.45, 2.75) is 13.0 Å². The summed E-state index contributed by atoms with van der Waals surface area (Å²) in [6, 6.07) is 18.4. The third kappa shape index (κ3) is 2.67. The molecule has 124 valence electrons. The molecule has 0 aliphatic rings. The standard InChI is InChI=1S/C19H17N5O/c1-12-11-16-21-19(14-9-5-6-10-15(14)24(16)23-12)22-17(18(20)25)13-7-3-2-4-8-13/h2-11,17H,1H3,(H2,20,25)(H,21,22). The van der Waals surface area contributed by atoms with Crippen LogP contribution in [0.3, 0.4) is 0 Å². The molecule has 0 bridgehead atoms. The summed E-state index contributed by atoms with van der Waals surface area (Å²) in [6.07, 6.45) is 0. The average Bonchev–Trinajstić information content (AvgIpc) is 3.00. The summed E-state index contributed by atoms with van der Waals surface area (Å²) in [7, 11) is 0. The van der Waals surface area contributed by atoms with E-state index in [2.05, 4.69) is 15.4 Å². The molecule has 2 heterocycles. The van der Waals surface area contributed by atoms with Crippen LogP contribution in [0.15, 0.2) is 60.7 Å². The number of amides is 1. The average molecular weight is 331 g/mol. The molecule has 0 aliphatic carbocycles. The lowest BCUT2D eigenvalue weighted by Crippen LogP contribution is -2.28. The first-order valence-corrected chi connectivity index (χ1v) is 7.99. The van der Waals surface area contributed by atoms with Gasteiger partial charge in [0.05, 0.1) is 11.2 Å². The van der Waals surface area contributed by atoms with E-state index in [0.717, 1.165) is 27.8 Å². The number of hydrogen-bond donors (Lipinski definition) is 2. The lowest BCUT2D eigenvalue weighted by Gasteiger charge is -2.18. The van der Waals surface area contributed by atoms with Crippen molar-refractivity contribution < 1.29 is 4.79 Å². The Morgan fingerprint density at radius 1 is 1.12 bits per heavy atom. The molecule has 2 aromatic carbocycles. The van der Waals surface area contributed by atoms with Crippen LogP contribution in [0, 0.1) is 6.92 Å². The normalized spacial score (nSPS) is 12.4. The van der Waals surface area contributed by atoms with Crippen LogP contribution in [-0.4, -0.2) is 20.5 Å².